The zero-order valence-corrected chi connectivity index (χ0v) is 12.7. The van der Waals surface area contributed by atoms with Gasteiger partial charge >= 0.3 is 0 Å². The fraction of sp³-hybridized carbons (Fsp3) is 0.562. The Morgan fingerprint density at radius 2 is 1.68 bits per heavy atom. The van der Waals surface area contributed by atoms with Crippen LogP contribution < -0.4 is 11.1 Å². The van der Waals surface area contributed by atoms with Crippen LogP contribution in [0.4, 0.5) is 0 Å². The molecule has 106 valence electrons. The number of carbonyl (C=O) groups is 1. The molecule has 0 spiro atoms. The topological polar surface area (TPSA) is 55.1 Å². The van der Waals surface area contributed by atoms with Crippen LogP contribution in [0, 0.1) is 19.8 Å². The first-order valence-electron chi connectivity index (χ1n) is 6.93. The SMILES string of the molecule is Cc1cc(C)cc(C(C)NC(=O)[C@@H](N)CC(C)C)c1. The Labute approximate surface area is 116 Å². The number of nitrogens with one attached hydrogen (secondary N) is 1. The summed E-state index contributed by atoms with van der Waals surface area (Å²) in [6, 6.07) is 5.90. The summed E-state index contributed by atoms with van der Waals surface area (Å²) in [4.78, 5) is 12.0. The van der Waals surface area contributed by atoms with Crippen LogP contribution in [0.1, 0.15) is 49.9 Å². The van der Waals surface area contributed by atoms with Crippen molar-refractivity contribution in [3.63, 3.8) is 0 Å². The van der Waals surface area contributed by atoms with E-state index in [9.17, 15) is 4.79 Å². The summed E-state index contributed by atoms with van der Waals surface area (Å²) in [5, 5.41) is 2.99. The molecule has 3 N–H and O–H groups in total. The fourth-order valence-corrected chi connectivity index (χ4v) is 2.28. The number of nitrogens with two attached hydrogens (primary N) is 1. The van der Waals surface area contributed by atoms with E-state index in [1.807, 2.05) is 6.92 Å². The molecule has 3 nitrogen and oxygen atoms in total. The molecule has 3 heteroatoms. The third-order valence-electron chi connectivity index (χ3n) is 3.16. The van der Waals surface area contributed by atoms with Crippen molar-refractivity contribution in [3.8, 4) is 0 Å². The van der Waals surface area contributed by atoms with E-state index in [0.29, 0.717) is 12.3 Å². The normalized spacial score (nSPS) is 14.3. The summed E-state index contributed by atoms with van der Waals surface area (Å²) in [5.41, 5.74) is 9.44. The molecular weight excluding hydrogens is 236 g/mol. The Hall–Kier alpha value is -1.35. The Kier molecular flexibility index (Phi) is 5.55. The van der Waals surface area contributed by atoms with Crippen molar-refractivity contribution in [1.29, 1.82) is 0 Å². The van der Waals surface area contributed by atoms with Gasteiger partial charge in [-0.1, -0.05) is 43.2 Å². The number of rotatable bonds is 5. The zero-order valence-electron chi connectivity index (χ0n) is 12.7. The Morgan fingerprint density at radius 1 is 1.16 bits per heavy atom. The van der Waals surface area contributed by atoms with Gasteiger partial charge in [0.2, 0.25) is 5.91 Å². The number of hydrogen-bond donors (Lipinski definition) is 2. The van der Waals surface area contributed by atoms with Crippen LogP contribution in [-0.2, 0) is 4.79 Å². The van der Waals surface area contributed by atoms with Crippen molar-refractivity contribution in [2.75, 3.05) is 0 Å². The minimum absolute atomic E-state index is 0.00990. The largest absolute Gasteiger partial charge is 0.348 e. The molecule has 1 unspecified atom stereocenters. The van der Waals surface area contributed by atoms with Crippen LogP contribution >= 0.6 is 0 Å². The lowest BCUT2D eigenvalue weighted by Gasteiger charge is -2.19. The van der Waals surface area contributed by atoms with Gasteiger partial charge in [0.1, 0.15) is 0 Å². The molecule has 0 fully saturated rings. The number of hydrogen-bond acceptors (Lipinski definition) is 2. The average Bonchev–Trinajstić information content (AvgIpc) is 2.26. The van der Waals surface area contributed by atoms with Crippen molar-refractivity contribution in [3.05, 3.63) is 34.9 Å². The van der Waals surface area contributed by atoms with Gasteiger partial charge in [0.15, 0.2) is 0 Å². The second kappa shape index (κ2) is 6.71. The third kappa shape index (κ3) is 5.03. The number of carbonyl (C=O) groups excluding carboxylic acids is 1. The summed E-state index contributed by atoms with van der Waals surface area (Å²) in [5.74, 6) is 0.359. The van der Waals surface area contributed by atoms with Crippen molar-refractivity contribution >= 4 is 5.91 Å². The maximum atomic E-state index is 12.0. The Bertz CT molecular complexity index is 420. The van der Waals surface area contributed by atoms with E-state index in [1.165, 1.54) is 11.1 Å². The maximum absolute atomic E-state index is 12.0. The van der Waals surface area contributed by atoms with E-state index >= 15 is 0 Å². The molecule has 0 radical (unpaired) electrons. The summed E-state index contributed by atoms with van der Waals surface area (Å²) in [6.07, 6.45) is 0.714. The van der Waals surface area contributed by atoms with Gasteiger partial charge in [0.25, 0.3) is 0 Å². The van der Waals surface area contributed by atoms with E-state index in [2.05, 4.69) is 51.2 Å². The van der Waals surface area contributed by atoms with Gasteiger partial charge in [-0.05, 0) is 38.7 Å². The lowest BCUT2D eigenvalue weighted by Crippen LogP contribution is -2.42. The quantitative estimate of drug-likeness (QED) is 0.857. The molecule has 0 heterocycles. The van der Waals surface area contributed by atoms with Crippen LogP contribution in [0.25, 0.3) is 0 Å². The molecule has 1 amide bonds. The second-order valence-corrected chi connectivity index (χ2v) is 5.89. The maximum Gasteiger partial charge on any atom is 0.237 e. The van der Waals surface area contributed by atoms with Gasteiger partial charge in [0.05, 0.1) is 12.1 Å². The monoisotopic (exact) mass is 262 g/mol. The van der Waals surface area contributed by atoms with E-state index in [0.717, 1.165) is 5.56 Å². The fourth-order valence-electron chi connectivity index (χ4n) is 2.28. The molecule has 1 aromatic rings. The summed E-state index contributed by atoms with van der Waals surface area (Å²) in [7, 11) is 0. The Balaban J connectivity index is 2.68. The summed E-state index contributed by atoms with van der Waals surface area (Å²) in [6.45, 7) is 10.3. The van der Waals surface area contributed by atoms with Crippen LogP contribution in [0.3, 0.4) is 0 Å². The number of aryl methyl sites for hydroxylation is 2. The minimum Gasteiger partial charge on any atom is -0.348 e. The van der Waals surface area contributed by atoms with Crippen LogP contribution in [0.5, 0.6) is 0 Å². The average molecular weight is 262 g/mol. The highest BCUT2D eigenvalue weighted by molar-refractivity contribution is 5.81. The van der Waals surface area contributed by atoms with Crippen LogP contribution in [-0.4, -0.2) is 11.9 Å². The first-order valence-corrected chi connectivity index (χ1v) is 6.93. The smallest absolute Gasteiger partial charge is 0.237 e. The van der Waals surface area contributed by atoms with Gasteiger partial charge in [-0.3, -0.25) is 4.79 Å². The predicted molar refractivity (Wildman–Crippen MR) is 79.9 cm³/mol. The molecule has 0 aliphatic rings. The Morgan fingerprint density at radius 3 is 2.16 bits per heavy atom. The van der Waals surface area contributed by atoms with Crippen LogP contribution in [0.2, 0.25) is 0 Å². The molecule has 2 atom stereocenters. The highest BCUT2D eigenvalue weighted by atomic mass is 16.2. The van der Waals surface area contributed by atoms with E-state index < -0.39 is 6.04 Å². The molecule has 0 bridgehead atoms. The highest BCUT2D eigenvalue weighted by Gasteiger charge is 2.17. The lowest BCUT2D eigenvalue weighted by molar-refractivity contribution is -0.123. The first-order chi connectivity index (χ1) is 8.79. The molecular formula is C16H26N2O. The zero-order chi connectivity index (χ0) is 14.6. The summed E-state index contributed by atoms with van der Waals surface area (Å²) >= 11 is 0. The van der Waals surface area contributed by atoms with Gasteiger partial charge in [0, 0.05) is 0 Å². The van der Waals surface area contributed by atoms with Gasteiger partial charge in [-0.15, -0.1) is 0 Å². The van der Waals surface area contributed by atoms with E-state index in [1.54, 1.807) is 0 Å². The van der Waals surface area contributed by atoms with Crippen molar-refractivity contribution in [2.45, 2.75) is 53.1 Å². The van der Waals surface area contributed by atoms with Crippen LogP contribution in [0.15, 0.2) is 18.2 Å². The molecule has 1 aromatic carbocycles. The van der Waals surface area contributed by atoms with Crippen molar-refractivity contribution < 1.29 is 4.79 Å². The number of benzene rings is 1. The molecule has 1 rings (SSSR count). The van der Waals surface area contributed by atoms with Gasteiger partial charge in [-0.2, -0.15) is 0 Å². The second-order valence-electron chi connectivity index (χ2n) is 5.89. The standard InChI is InChI=1S/C16H26N2O/c1-10(2)6-15(17)16(19)18-13(5)14-8-11(3)7-12(4)9-14/h7-10,13,15H,6,17H2,1-5H3,(H,18,19)/t13?,15-/m0/s1. The summed E-state index contributed by atoms with van der Waals surface area (Å²) < 4.78 is 0. The molecule has 0 aromatic heterocycles. The van der Waals surface area contributed by atoms with E-state index in [4.69, 9.17) is 5.73 Å². The molecule has 19 heavy (non-hydrogen) atoms. The molecule has 0 saturated heterocycles. The molecule has 0 aliphatic heterocycles. The van der Waals surface area contributed by atoms with Gasteiger partial charge < -0.3 is 11.1 Å². The van der Waals surface area contributed by atoms with Crippen molar-refractivity contribution in [1.82, 2.24) is 5.32 Å². The lowest BCUT2D eigenvalue weighted by atomic mass is 10.0. The number of amides is 1. The predicted octanol–water partition coefficient (Wildman–Crippen LogP) is 2.85. The molecule has 0 saturated carbocycles. The highest BCUT2D eigenvalue weighted by Crippen LogP contribution is 2.17. The molecule has 0 aliphatic carbocycles. The van der Waals surface area contributed by atoms with E-state index in [-0.39, 0.29) is 11.9 Å². The van der Waals surface area contributed by atoms with Gasteiger partial charge in [-0.25, -0.2) is 0 Å². The third-order valence-corrected chi connectivity index (χ3v) is 3.16. The van der Waals surface area contributed by atoms with Crippen molar-refractivity contribution in [2.24, 2.45) is 11.7 Å². The first kappa shape index (κ1) is 15.7. The minimum atomic E-state index is -0.423.